The van der Waals surface area contributed by atoms with Crippen molar-refractivity contribution in [2.75, 3.05) is 13.7 Å². The maximum atomic E-state index is 13.1. The first-order chi connectivity index (χ1) is 17.6. The Kier molecular flexibility index (Phi) is 9.27. The Hall–Kier alpha value is -3.88. The van der Waals surface area contributed by atoms with Crippen LogP contribution in [0.5, 0.6) is 0 Å². The van der Waals surface area contributed by atoms with Gasteiger partial charge in [0.1, 0.15) is 24.3 Å². The van der Waals surface area contributed by atoms with Crippen LogP contribution in [-0.2, 0) is 36.8 Å². The third kappa shape index (κ3) is 8.06. The van der Waals surface area contributed by atoms with Crippen molar-refractivity contribution in [2.45, 2.75) is 64.3 Å². The van der Waals surface area contributed by atoms with Crippen LogP contribution < -0.4 is 5.32 Å². The highest BCUT2D eigenvalue weighted by molar-refractivity contribution is 5.91. The van der Waals surface area contributed by atoms with Crippen LogP contribution in [0.4, 0.5) is 4.79 Å². The minimum Gasteiger partial charge on any atom is -0.467 e. The number of likely N-dealkylation sites (tertiary alicyclic amines) is 1. The number of hydrogen-bond acceptors (Lipinski definition) is 7. The van der Waals surface area contributed by atoms with Crippen LogP contribution in [0.15, 0.2) is 54.6 Å². The molecule has 37 heavy (non-hydrogen) atoms. The lowest BCUT2D eigenvalue weighted by molar-refractivity contribution is -0.145. The third-order valence-corrected chi connectivity index (χ3v) is 5.83. The van der Waals surface area contributed by atoms with Crippen LogP contribution in [0.25, 0.3) is 0 Å². The molecular weight excluding hydrogens is 476 g/mol. The lowest BCUT2D eigenvalue weighted by Gasteiger charge is -2.25. The molecule has 1 heterocycles. The number of rotatable bonds is 8. The molecule has 1 aliphatic rings. The van der Waals surface area contributed by atoms with E-state index in [1.54, 1.807) is 45.0 Å². The Morgan fingerprint density at radius 3 is 2.30 bits per heavy atom. The van der Waals surface area contributed by atoms with Crippen LogP contribution in [0, 0.1) is 0 Å². The first-order valence-corrected chi connectivity index (χ1v) is 12.2. The minimum atomic E-state index is -0.965. The van der Waals surface area contributed by atoms with Crippen molar-refractivity contribution in [3.63, 3.8) is 0 Å². The van der Waals surface area contributed by atoms with E-state index < -0.39 is 41.6 Å². The van der Waals surface area contributed by atoms with Crippen LogP contribution in [-0.4, -0.2) is 60.2 Å². The molecule has 1 saturated heterocycles. The summed E-state index contributed by atoms with van der Waals surface area (Å²) in [5, 5.41) is 2.73. The minimum absolute atomic E-state index is 0.106. The van der Waals surface area contributed by atoms with Gasteiger partial charge in [0, 0.05) is 13.0 Å². The molecule has 2 aromatic carbocycles. The zero-order valence-electron chi connectivity index (χ0n) is 21.7. The summed E-state index contributed by atoms with van der Waals surface area (Å²) < 4.78 is 15.7. The summed E-state index contributed by atoms with van der Waals surface area (Å²) in [6.07, 6.45) is 0.685. The third-order valence-electron chi connectivity index (χ3n) is 5.83. The Balaban J connectivity index is 1.62. The van der Waals surface area contributed by atoms with Crippen molar-refractivity contribution >= 4 is 23.9 Å². The highest BCUT2D eigenvalue weighted by atomic mass is 16.6. The van der Waals surface area contributed by atoms with Gasteiger partial charge in [0.05, 0.1) is 12.7 Å². The average Bonchev–Trinajstić information content (AvgIpc) is 3.37. The molecular formula is C28H34N2O7. The monoisotopic (exact) mass is 510 g/mol. The van der Waals surface area contributed by atoms with Crippen LogP contribution >= 0.6 is 0 Å². The molecule has 0 aliphatic carbocycles. The molecule has 0 saturated carbocycles. The molecule has 1 fully saturated rings. The lowest BCUT2D eigenvalue weighted by Crippen LogP contribution is -2.51. The average molecular weight is 511 g/mol. The van der Waals surface area contributed by atoms with Gasteiger partial charge >= 0.3 is 18.0 Å². The number of esters is 2. The SMILES string of the molecule is COC(=O)[C@H](Cc1ccc(C(=O)OC(C)(C)C)cc1)NC(=O)[C@H]1CCCN1C(=O)OCc1ccccc1. The molecule has 0 spiro atoms. The molecule has 3 rings (SSSR count). The highest BCUT2D eigenvalue weighted by Gasteiger charge is 2.37. The number of methoxy groups -OCH3 is 1. The van der Waals surface area contributed by atoms with Crippen molar-refractivity contribution in [3.8, 4) is 0 Å². The molecule has 2 aromatic rings. The number of carbonyl (C=O) groups is 4. The summed E-state index contributed by atoms with van der Waals surface area (Å²) in [5.41, 5.74) is 1.33. The van der Waals surface area contributed by atoms with E-state index in [4.69, 9.17) is 14.2 Å². The first kappa shape index (κ1) is 27.7. The molecule has 198 valence electrons. The number of hydrogen-bond donors (Lipinski definition) is 1. The van der Waals surface area contributed by atoms with Crippen LogP contribution in [0.3, 0.4) is 0 Å². The van der Waals surface area contributed by atoms with Crippen LogP contribution in [0.2, 0.25) is 0 Å². The smallest absolute Gasteiger partial charge is 0.410 e. The van der Waals surface area contributed by atoms with E-state index in [1.807, 2.05) is 30.3 Å². The summed E-state index contributed by atoms with van der Waals surface area (Å²) >= 11 is 0. The largest absolute Gasteiger partial charge is 0.467 e. The van der Waals surface area contributed by atoms with Gasteiger partial charge < -0.3 is 19.5 Å². The quantitative estimate of drug-likeness (QED) is 0.426. The van der Waals surface area contributed by atoms with Crippen molar-refractivity contribution < 1.29 is 33.4 Å². The van der Waals surface area contributed by atoms with Crippen molar-refractivity contribution in [1.82, 2.24) is 10.2 Å². The number of benzene rings is 2. The summed E-state index contributed by atoms with van der Waals surface area (Å²) in [6.45, 7) is 5.86. The van der Waals surface area contributed by atoms with Gasteiger partial charge in [-0.3, -0.25) is 9.69 Å². The standard InChI is InChI=1S/C28H34N2O7/c1-28(2,3)37-25(32)21-14-12-19(13-15-21)17-22(26(33)35-4)29-24(31)23-11-8-16-30(23)27(34)36-18-20-9-6-5-7-10-20/h5-7,9-10,12-15,22-23H,8,11,16-18H2,1-4H3,(H,29,31)/t22-,23+/m0/s1. The van der Waals surface area contributed by atoms with E-state index in [9.17, 15) is 19.2 Å². The number of carbonyl (C=O) groups excluding carboxylic acids is 4. The predicted molar refractivity (Wildman–Crippen MR) is 136 cm³/mol. The number of nitrogens with zero attached hydrogens (tertiary/aromatic N) is 1. The molecule has 9 nitrogen and oxygen atoms in total. The highest BCUT2D eigenvalue weighted by Crippen LogP contribution is 2.20. The summed E-state index contributed by atoms with van der Waals surface area (Å²) in [6, 6.07) is 14.2. The summed E-state index contributed by atoms with van der Waals surface area (Å²) in [5.74, 6) is -1.51. The van der Waals surface area contributed by atoms with Crippen LogP contribution in [0.1, 0.15) is 55.1 Å². The molecule has 1 N–H and O–H groups in total. The Morgan fingerprint density at radius 2 is 1.68 bits per heavy atom. The van der Waals surface area contributed by atoms with E-state index in [-0.39, 0.29) is 13.0 Å². The zero-order chi connectivity index (χ0) is 27.0. The molecule has 0 radical (unpaired) electrons. The van der Waals surface area contributed by atoms with Crippen molar-refractivity contribution in [2.24, 2.45) is 0 Å². The molecule has 9 heteroatoms. The van der Waals surface area contributed by atoms with Gasteiger partial charge in [-0.1, -0.05) is 42.5 Å². The lowest BCUT2D eigenvalue weighted by atomic mass is 10.0. The van der Waals surface area contributed by atoms with Gasteiger partial charge in [-0.25, -0.2) is 14.4 Å². The van der Waals surface area contributed by atoms with Gasteiger partial charge in [0.25, 0.3) is 0 Å². The van der Waals surface area contributed by atoms with Crippen molar-refractivity contribution in [3.05, 3.63) is 71.3 Å². The van der Waals surface area contributed by atoms with Gasteiger partial charge in [0.15, 0.2) is 0 Å². The first-order valence-electron chi connectivity index (χ1n) is 12.2. The number of amides is 2. The molecule has 2 atom stereocenters. The maximum Gasteiger partial charge on any atom is 0.410 e. The normalized spacial score (nSPS) is 16.0. The van der Waals surface area contributed by atoms with E-state index in [1.165, 1.54) is 12.0 Å². The fraction of sp³-hybridized carbons (Fsp3) is 0.429. The van der Waals surface area contributed by atoms with E-state index in [0.717, 1.165) is 5.56 Å². The number of ether oxygens (including phenoxy) is 3. The Labute approximate surface area is 217 Å². The van der Waals surface area contributed by atoms with Gasteiger partial charge in [0.2, 0.25) is 5.91 Å². The second-order valence-corrected chi connectivity index (χ2v) is 9.88. The van der Waals surface area contributed by atoms with E-state index >= 15 is 0 Å². The summed E-state index contributed by atoms with van der Waals surface area (Å²) in [7, 11) is 1.25. The molecule has 1 aliphatic heterocycles. The molecule has 0 unspecified atom stereocenters. The Bertz CT molecular complexity index is 1090. The second-order valence-electron chi connectivity index (χ2n) is 9.88. The van der Waals surface area contributed by atoms with Gasteiger partial charge in [-0.15, -0.1) is 0 Å². The van der Waals surface area contributed by atoms with Gasteiger partial charge in [-0.2, -0.15) is 0 Å². The fourth-order valence-corrected chi connectivity index (χ4v) is 4.01. The predicted octanol–water partition coefficient (Wildman–Crippen LogP) is 3.64. The van der Waals surface area contributed by atoms with Gasteiger partial charge in [-0.05, 0) is 56.9 Å². The van der Waals surface area contributed by atoms with E-state index in [2.05, 4.69) is 5.32 Å². The molecule has 2 amide bonds. The topological polar surface area (TPSA) is 111 Å². The zero-order valence-corrected chi connectivity index (χ0v) is 21.7. The fourth-order valence-electron chi connectivity index (χ4n) is 4.01. The summed E-state index contributed by atoms with van der Waals surface area (Å²) in [4.78, 5) is 51.9. The molecule has 0 aromatic heterocycles. The molecule has 0 bridgehead atoms. The second kappa shape index (κ2) is 12.4. The Morgan fingerprint density at radius 1 is 1.00 bits per heavy atom. The van der Waals surface area contributed by atoms with E-state index in [0.29, 0.717) is 30.5 Å². The maximum absolute atomic E-state index is 13.1. The van der Waals surface area contributed by atoms with Crippen molar-refractivity contribution in [1.29, 1.82) is 0 Å². The number of nitrogens with one attached hydrogen (secondary N) is 1.